The highest BCUT2D eigenvalue weighted by atomic mass is 19.1. The van der Waals surface area contributed by atoms with Crippen molar-refractivity contribution in [3.05, 3.63) is 59.2 Å². The molecule has 2 N–H and O–H groups in total. The third-order valence-corrected chi connectivity index (χ3v) is 3.73. The molecule has 7 heteroatoms. The number of nitrogens with zero attached hydrogens (tertiary/aromatic N) is 1. The number of anilines is 1. The molecule has 3 rings (SSSR count). The van der Waals surface area contributed by atoms with Gasteiger partial charge in [-0.15, -0.1) is 0 Å². The number of amides is 2. The minimum atomic E-state index is -0.898. The number of ether oxygens (including phenoxy) is 1. The molecule has 2 aromatic carbocycles. The van der Waals surface area contributed by atoms with Crippen LogP contribution in [-0.4, -0.2) is 29.9 Å². The number of halogens is 2. The quantitative estimate of drug-likeness (QED) is 0.519. The lowest BCUT2D eigenvalue weighted by Crippen LogP contribution is -2.31. The molecule has 5 nitrogen and oxygen atoms in total. The fraction of sp³-hybridized carbons (Fsp3) is 0.176. The normalized spacial score (nSPS) is 13.3. The largest absolute Gasteiger partial charge is 0.493 e. The highest BCUT2D eigenvalue weighted by molar-refractivity contribution is 6.21. The maximum absolute atomic E-state index is 13.3. The van der Waals surface area contributed by atoms with Crippen molar-refractivity contribution >= 4 is 17.5 Å². The van der Waals surface area contributed by atoms with Crippen molar-refractivity contribution in [1.29, 1.82) is 0 Å². The summed E-state index contributed by atoms with van der Waals surface area (Å²) in [6, 6.07) is 8.57. The lowest BCUT2D eigenvalue weighted by atomic mass is 10.1. The lowest BCUT2D eigenvalue weighted by Gasteiger charge is -2.14. The summed E-state index contributed by atoms with van der Waals surface area (Å²) in [5.41, 5.74) is 5.37. The van der Waals surface area contributed by atoms with Crippen molar-refractivity contribution in [3.8, 4) is 5.75 Å². The Morgan fingerprint density at radius 2 is 1.54 bits per heavy atom. The summed E-state index contributed by atoms with van der Waals surface area (Å²) in [5.74, 6) is -2.49. The maximum atomic E-state index is 13.3. The molecule has 0 saturated heterocycles. The zero-order valence-corrected chi connectivity index (χ0v) is 12.6. The number of fused-ring (bicyclic) bond motifs is 1. The van der Waals surface area contributed by atoms with Gasteiger partial charge >= 0.3 is 0 Å². The second-order valence-corrected chi connectivity index (χ2v) is 5.31. The number of nitrogens with two attached hydrogens (primary N) is 1. The molecule has 0 fully saturated rings. The number of hydrogen-bond donors (Lipinski definition) is 1. The SMILES string of the molecule is Nc1c(F)cc(OCCCN2C(=O)c3ccccc3C2=O)cc1F. The zero-order chi connectivity index (χ0) is 17.3. The summed E-state index contributed by atoms with van der Waals surface area (Å²) >= 11 is 0. The van der Waals surface area contributed by atoms with Gasteiger partial charge in [-0.05, 0) is 18.6 Å². The van der Waals surface area contributed by atoms with Gasteiger partial charge in [0.05, 0.1) is 17.7 Å². The van der Waals surface area contributed by atoms with Crippen molar-refractivity contribution in [2.45, 2.75) is 6.42 Å². The molecule has 0 unspecified atom stereocenters. The average molecular weight is 332 g/mol. The first-order valence-corrected chi connectivity index (χ1v) is 7.31. The van der Waals surface area contributed by atoms with E-state index in [1.807, 2.05) is 0 Å². The molecule has 0 bridgehead atoms. The fourth-order valence-electron chi connectivity index (χ4n) is 2.50. The second kappa shape index (κ2) is 6.27. The number of nitrogen functional groups attached to an aromatic ring is 1. The van der Waals surface area contributed by atoms with Gasteiger partial charge in [0, 0.05) is 18.7 Å². The smallest absolute Gasteiger partial charge is 0.261 e. The first-order valence-electron chi connectivity index (χ1n) is 7.31. The van der Waals surface area contributed by atoms with Crippen molar-refractivity contribution < 1.29 is 23.1 Å². The van der Waals surface area contributed by atoms with Gasteiger partial charge in [0.15, 0.2) is 11.6 Å². The standard InChI is InChI=1S/C17H14F2N2O3/c18-13-8-10(9-14(19)15(13)20)24-7-3-6-21-16(22)11-4-1-2-5-12(11)17(21)23/h1-2,4-5,8-9H,3,6-7,20H2. The predicted octanol–water partition coefficient (Wildman–Crippen LogP) is 2.61. The Morgan fingerprint density at radius 1 is 1.00 bits per heavy atom. The molecule has 0 saturated carbocycles. The van der Waals surface area contributed by atoms with E-state index in [0.29, 0.717) is 17.5 Å². The number of carbonyl (C=O) groups excluding carboxylic acids is 2. The lowest BCUT2D eigenvalue weighted by molar-refractivity contribution is 0.0647. The van der Waals surface area contributed by atoms with Crippen molar-refractivity contribution in [2.24, 2.45) is 0 Å². The monoisotopic (exact) mass is 332 g/mol. The van der Waals surface area contributed by atoms with Gasteiger partial charge in [-0.25, -0.2) is 8.78 Å². The molecular formula is C17H14F2N2O3. The number of hydrogen-bond acceptors (Lipinski definition) is 4. The van der Waals surface area contributed by atoms with Crippen LogP contribution in [0.3, 0.4) is 0 Å². The van der Waals surface area contributed by atoms with E-state index in [4.69, 9.17) is 10.5 Å². The average Bonchev–Trinajstić information content (AvgIpc) is 2.81. The van der Waals surface area contributed by atoms with Crippen molar-refractivity contribution in [3.63, 3.8) is 0 Å². The molecule has 0 atom stereocenters. The van der Waals surface area contributed by atoms with Gasteiger partial charge < -0.3 is 10.5 Å². The topological polar surface area (TPSA) is 72.6 Å². The van der Waals surface area contributed by atoms with Gasteiger partial charge in [-0.3, -0.25) is 14.5 Å². The Hall–Kier alpha value is -2.96. The molecular weight excluding hydrogens is 318 g/mol. The first kappa shape index (κ1) is 15.9. The third-order valence-electron chi connectivity index (χ3n) is 3.73. The number of rotatable bonds is 5. The molecule has 0 spiro atoms. The van der Waals surface area contributed by atoms with Gasteiger partial charge in [0.2, 0.25) is 0 Å². The molecule has 2 amide bonds. The molecule has 1 aliphatic heterocycles. The number of carbonyl (C=O) groups is 2. The summed E-state index contributed by atoms with van der Waals surface area (Å²) in [6.45, 7) is 0.252. The van der Waals surface area contributed by atoms with Crippen LogP contribution in [0.25, 0.3) is 0 Å². The summed E-state index contributed by atoms with van der Waals surface area (Å²) in [5, 5.41) is 0. The van der Waals surface area contributed by atoms with Crippen LogP contribution in [0, 0.1) is 11.6 Å². The van der Waals surface area contributed by atoms with Gasteiger partial charge in [0.25, 0.3) is 11.8 Å². The first-order chi connectivity index (χ1) is 11.5. The maximum Gasteiger partial charge on any atom is 0.261 e. The van der Waals surface area contributed by atoms with Crippen LogP contribution in [0.2, 0.25) is 0 Å². The zero-order valence-electron chi connectivity index (χ0n) is 12.6. The molecule has 124 valence electrons. The molecule has 1 heterocycles. The Balaban J connectivity index is 1.57. The Bertz CT molecular complexity index is 765. The third kappa shape index (κ3) is 2.80. The summed E-state index contributed by atoms with van der Waals surface area (Å²) in [7, 11) is 0. The van der Waals surface area contributed by atoms with E-state index in [2.05, 4.69) is 0 Å². The van der Waals surface area contributed by atoms with Gasteiger partial charge in [0.1, 0.15) is 11.4 Å². The van der Waals surface area contributed by atoms with Gasteiger partial charge in [-0.1, -0.05) is 12.1 Å². The van der Waals surface area contributed by atoms with E-state index >= 15 is 0 Å². The number of imide groups is 1. The Kier molecular flexibility index (Phi) is 4.16. The summed E-state index contributed by atoms with van der Waals surface area (Å²) in [6.07, 6.45) is 0.332. The molecule has 0 aromatic heterocycles. The van der Waals surface area contributed by atoms with Crippen LogP contribution in [0.5, 0.6) is 5.75 Å². The van der Waals surface area contributed by atoms with E-state index < -0.39 is 17.3 Å². The van der Waals surface area contributed by atoms with Crippen LogP contribution in [0.15, 0.2) is 36.4 Å². The Labute approximate surface area is 136 Å². The van der Waals surface area contributed by atoms with Crippen LogP contribution in [0.1, 0.15) is 27.1 Å². The van der Waals surface area contributed by atoms with Crippen LogP contribution in [-0.2, 0) is 0 Å². The number of benzene rings is 2. The molecule has 24 heavy (non-hydrogen) atoms. The summed E-state index contributed by atoms with van der Waals surface area (Å²) < 4.78 is 31.9. The van der Waals surface area contributed by atoms with Gasteiger partial charge in [-0.2, -0.15) is 0 Å². The molecule has 0 aliphatic carbocycles. The van der Waals surface area contributed by atoms with Crippen molar-refractivity contribution in [2.75, 3.05) is 18.9 Å². The van der Waals surface area contributed by atoms with Crippen LogP contribution < -0.4 is 10.5 Å². The Morgan fingerprint density at radius 3 is 2.08 bits per heavy atom. The van der Waals surface area contributed by atoms with E-state index in [1.165, 1.54) is 0 Å². The van der Waals surface area contributed by atoms with Crippen molar-refractivity contribution in [1.82, 2.24) is 4.90 Å². The molecule has 0 radical (unpaired) electrons. The molecule has 2 aromatic rings. The van der Waals surface area contributed by atoms with Crippen LogP contribution >= 0.6 is 0 Å². The van der Waals surface area contributed by atoms with E-state index in [1.54, 1.807) is 24.3 Å². The van der Waals surface area contributed by atoms with Crippen LogP contribution in [0.4, 0.5) is 14.5 Å². The minimum absolute atomic E-state index is 0.00145. The molecule has 1 aliphatic rings. The van der Waals surface area contributed by atoms with E-state index in [-0.39, 0.29) is 30.7 Å². The predicted molar refractivity (Wildman–Crippen MR) is 82.7 cm³/mol. The van der Waals surface area contributed by atoms with E-state index in [0.717, 1.165) is 17.0 Å². The highest BCUT2D eigenvalue weighted by Crippen LogP contribution is 2.24. The minimum Gasteiger partial charge on any atom is -0.493 e. The summed E-state index contributed by atoms with van der Waals surface area (Å²) in [4.78, 5) is 25.4. The second-order valence-electron chi connectivity index (χ2n) is 5.31. The van der Waals surface area contributed by atoms with E-state index in [9.17, 15) is 18.4 Å². The fourth-order valence-corrected chi connectivity index (χ4v) is 2.50. The highest BCUT2D eigenvalue weighted by Gasteiger charge is 2.34.